The molecule has 208 valence electrons. The van der Waals surface area contributed by atoms with Gasteiger partial charge >= 0.3 is 0 Å². The Balaban J connectivity index is 1.96. The van der Waals surface area contributed by atoms with Crippen LogP contribution in [0.25, 0.3) is 0 Å². The average Bonchev–Trinajstić information content (AvgIpc) is 2.87. The van der Waals surface area contributed by atoms with Crippen molar-refractivity contribution in [2.45, 2.75) is 71.0 Å². The molecule has 6 N–H and O–H groups in total. The van der Waals surface area contributed by atoms with E-state index < -0.39 is 27.9 Å². The van der Waals surface area contributed by atoms with E-state index in [9.17, 15) is 34.2 Å². The van der Waals surface area contributed by atoms with E-state index in [1.165, 1.54) is 12.1 Å². The number of aromatic hydroxyl groups is 2. The molecular weight excluding hydrogens is 494 g/mol. The standard InChI is InChI=1S/C26H37N5O7/c1-16-12-20(33)24(37)18(30(16)3)14-28-22(35)6-9-26(27,8-5-11-32)10-7-23(36)29-15-19-25(38)21(34)13-17(2)31(19)4/h11-13,37-38H,5-10,14-15,27H2,1-4H3,(H,28,35)(H,29,36). The molecule has 2 aromatic heterocycles. The molecule has 12 nitrogen and oxygen atoms in total. The first-order chi connectivity index (χ1) is 17.8. The van der Waals surface area contributed by atoms with E-state index >= 15 is 0 Å². The van der Waals surface area contributed by atoms with Crippen LogP contribution in [0.15, 0.2) is 21.7 Å². The number of aldehydes is 1. The molecule has 0 aliphatic heterocycles. The number of hydrogen-bond acceptors (Lipinski definition) is 8. The number of carbonyl (C=O) groups is 3. The molecule has 0 saturated heterocycles. The van der Waals surface area contributed by atoms with Crippen LogP contribution in [0.3, 0.4) is 0 Å². The molecule has 0 unspecified atom stereocenters. The molecule has 2 rings (SSSR count). The maximum absolute atomic E-state index is 12.5. The van der Waals surface area contributed by atoms with E-state index in [0.717, 1.165) is 6.29 Å². The first kappa shape index (κ1) is 30.3. The summed E-state index contributed by atoms with van der Waals surface area (Å²) in [6.07, 6.45) is 1.59. The molecule has 2 heterocycles. The predicted molar refractivity (Wildman–Crippen MR) is 141 cm³/mol. The Bertz CT molecular complexity index is 1220. The lowest BCUT2D eigenvalue weighted by Crippen LogP contribution is -2.42. The van der Waals surface area contributed by atoms with Gasteiger partial charge in [0.1, 0.15) is 6.29 Å². The zero-order chi connectivity index (χ0) is 28.6. The number of aromatic nitrogens is 2. The van der Waals surface area contributed by atoms with Crippen LogP contribution in [-0.2, 0) is 41.6 Å². The van der Waals surface area contributed by atoms with Crippen LogP contribution in [0.5, 0.6) is 11.5 Å². The lowest BCUT2D eigenvalue weighted by atomic mass is 9.84. The smallest absolute Gasteiger partial charge is 0.223 e. The second kappa shape index (κ2) is 13.0. The first-order valence-corrected chi connectivity index (χ1v) is 12.3. The van der Waals surface area contributed by atoms with Gasteiger partial charge in [-0.2, -0.15) is 0 Å². The van der Waals surface area contributed by atoms with Crippen LogP contribution in [0.4, 0.5) is 0 Å². The van der Waals surface area contributed by atoms with Crippen LogP contribution >= 0.6 is 0 Å². The average molecular weight is 532 g/mol. The van der Waals surface area contributed by atoms with Gasteiger partial charge in [0.2, 0.25) is 22.7 Å². The van der Waals surface area contributed by atoms with Crippen molar-refractivity contribution in [2.24, 2.45) is 19.8 Å². The predicted octanol–water partition coefficient (Wildman–Crippen LogP) is 0.282. The number of nitrogens with one attached hydrogen (secondary N) is 2. The zero-order valence-electron chi connectivity index (χ0n) is 22.3. The van der Waals surface area contributed by atoms with Gasteiger partial charge in [0.15, 0.2) is 11.5 Å². The Morgan fingerprint density at radius 3 is 1.63 bits per heavy atom. The molecule has 0 aromatic carbocycles. The van der Waals surface area contributed by atoms with Crippen molar-refractivity contribution in [2.75, 3.05) is 0 Å². The van der Waals surface area contributed by atoms with Gasteiger partial charge in [-0.1, -0.05) is 0 Å². The summed E-state index contributed by atoms with van der Waals surface area (Å²) >= 11 is 0. The van der Waals surface area contributed by atoms with Gasteiger partial charge in [0.05, 0.1) is 24.5 Å². The Kier molecular flexibility index (Phi) is 10.4. The quantitative estimate of drug-likeness (QED) is 0.228. The summed E-state index contributed by atoms with van der Waals surface area (Å²) in [7, 11) is 3.34. The van der Waals surface area contributed by atoms with E-state index in [1.807, 2.05) is 0 Å². The van der Waals surface area contributed by atoms with E-state index in [1.54, 1.807) is 37.1 Å². The van der Waals surface area contributed by atoms with E-state index in [4.69, 9.17) is 5.73 Å². The largest absolute Gasteiger partial charge is 0.503 e. The third-order valence-electron chi connectivity index (χ3n) is 6.93. The SMILES string of the molecule is Cc1cc(=O)c(O)c(CNC(=O)CCC(N)(CCC=O)CCC(=O)NCc2c(O)c(=O)cc(C)n2C)n1C. The van der Waals surface area contributed by atoms with Crippen molar-refractivity contribution in [3.05, 3.63) is 55.4 Å². The monoisotopic (exact) mass is 531 g/mol. The van der Waals surface area contributed by atoms with Gasteiger partial charge in [-0.3, -0.25) is 19.2 Å². The summed E-state index contributed by atoms with van der Waals surface area (Å²) in [5, 5.41) is 25.5. The van der Waals surface area contributed by atoms with Crippen LogP contribution < -0.4 is 27.2 Å². The van der Waals surface area contributed by atoms with Gasteiger partial charge in [0, 0.05) is 62.4 Å². The van der Waals surface area contributed by atoms with Crippen molar-refractivity contribution >= 4 is 18.1 Å². The van der Waals surface area contributed by atoms with Crippen molar-refractivity contribution in [1.82, 2.24) is 19.8 Å². The van der Waals surface area contributed by atoms with Crippen LogP contribution in [-0.4, -0.2) is 43.0 Å². The van der Waals surface area contributed by atoms with Crippen molar-refractivity contribution in [1.29, 1.82) is 0 Å². The summed E-state index contributed by atoms with van der Waals surface area (Å²) in [4.78, 5) is 59.7. The molecule has 2 aromatic rings. The molecule has 38 heavy (non-hydrogen) atoms. The van der Waals surface area contributed by atoms with Gasteiger partial charge < -0.3 is 40.5 Å². The Labute approximate surface area is 220 Å². The number of hydrogen-bond donors (Lipinski definition) is 5. The van der Waals surface area contributed by atoms with Gasteiger partial charge in [-0.05, 0) is 33.1 Å². The number of amides is 2. The van der Waals surface area contributed by atoms with E-state index in [-0.39, 0.29) is 74.8 Å². The molecule has 0 atom stereocenters. The second-order valence-electron chi connectivity index (χ2n) is 9.63. The van der Waals surface area contributed by atoms with Gasteiger partial charge in [-0.25, -0.2) is 0 Å². The van der Waals surface area contributed by atoms with Gasteiger partial charge in [0.25, 0.3) is 0 Å². The molecule has 0 radical (unpaired) electrons. The lowest BCUT2D eigenvalue weighted by Gasteiger charge is -2.29. The molecule has 0 aliphatic rings. The lowest BCUT2D eigenvalue weighted by molar-refractivity contribution is -0.121. The molecule has 12 heteroatoms. The van der Waals surface area contributed by atoms with Crippen molar-refractivity contribution in [3.8, 4) is 11.5 Å². The molecule has 0 bridgehead atoms. The fourth-order valence-electron chi connectivity index (χ4n) is 4.13. The molecule has 0 saturated carbocycles. The number of nitrogens with two attached hydrogens (primary N) is 1. The third-order valence-corrected chi connectivity index (χ3v) is 6.93. The van der Waals surface area contributed by atoms with Gasteiger partial charge in [-0.15, -0.1) is 0 Å². The first-order valence-electron chi connectivity index (χ1n) is 12.3. The second-order valence-corrected chi connectivity index (χ2v) is 9.63. The maximum Gasteiger partial charge on any atom is 0.223 e. The number of aryl methyl sites for hydroxylation is 2. The number of carbonyl (C=O) groups excluding carboxylic acids is 3. The van der Waals surface area contributed by atoms with Crippen molar-refractivity contribution in [3.63, 3.8) is 0 Å². The minimum absolute atomic E-state index is 0.0107. The highest BCUT2D eigenvalue weighted by atomic mass is 16.3. The molecule has 0 fully saturated rings. The van der Waals surface area contributed by atoms with E-state index in [0.29, 0.717) is 11.4 Å². The topological polar surface area (TPSA) is 186 Å². The summed E-state index contributed by atoms with van der Waals surface area (Å²) in [5.74, 6) is -1.58. The minimum Gasteiger partial charge on any atom is -0.503 e. The summed E-state index contributed by atoms with van der Waals surface area (Å²) in [6, 6.07) is 2.61. The molecular formula is C26H37N5O7. The van der Waals surface area contributed by atoms with Crippen LogP contribution in [0.2, 0.25) is 0 Å². The Morgan fingerprint density at radius 1 is 0.868 bits per heavy atom. The molecule has 2 amide bonds. The fraction of sp³-hybridized carbons (Fsp3) is 0.500. The highest BCUT2D eigenvalue weighted by Crippen LogP contribution is 2.23. The minimum atomic E-state index is -0.966. The molecule has 0 aliphatic carbocycles. The fourth-order valence-corrected chi connectivity index (χ4v) is 4.13. The number of nitrogens with zero attached hydrogens (tertiary/aromatic N) is 2. The number of rotatable bonds is 13. The summed E-state index contributed by atoms with van der Waals surface area (Å²) < 4.78 is 3.22. The third kappa shape index (κ3) is 7.78. The number of pyridine rings is 2. The van der Waals surface area contributed by atoms with E-state index in [2.05, 4.69) is 10.6 Å². The molecule has 0 spiro atoms. The Morgan fingerprint density at radius 2 is 1.26 bits per heavy atom. The summed E-state index contributed by atoms with van der Waals surface area (Å²) in [5.41, 5.74) is 6.27. The van der Waals surface area contributed by atoms with Crippen LogP contribution in [0.1, 0.15) is 61.3 Å². The highest BCUT2D eigenvalue weighted by molar-refractivity contribution is 5.77. The zero-order valence-corrected chi connectivity index (χ0v) is 22.3. The highest BCUT2D eigenvalue weighted by Gasteiger charge is 2.27. The normalized spacial score (nSPS) is 11.3. The maximum atomic E-state index is 12.5. The van der Waals surface area contributed by atoms with Crippen molar-refractivity contribution < 1.29 is 24.6 Å². The van der Waals surface area contributed by atoms with Crippen LogP contribution in [0, 0.1) is 13.8 Å². The summed E-state index contributed by atoms with van der Waals surface area (Å²) in [6.45, 7) is 3.31. The Hall–Kier alpha value is -3.93.